The summed E-state index contributed by atoms with van der Waals surface area (Å²) in [6.07, 6.45) is 5.60. The minimum atomic E-state index is -0.742. The molecule has 0 atom stereocenters. The van der Waals surface area contributed by atoms with Gasteiger partial charge < -0.3 is 16.2 Å². The highest BCUT2D eigenvalue weighted by molar-refractivity contribution is 7.80. The van der Waals surface area contributed by atoms with E-state index in [1.807, 2.05) is 109 Å². The predicted molar refractivity (Wildman–Crippen MR) is 204 cm³/mol. The summed E-state index contributed by atoms with van der Waals surface area (Å²) in [6, 6.07) is 35.3. The van der Waals surface area contributed by atoms with Gasteiger partial charge in [0.25, 0.3) is 0 Å². The molecule has 0 aliphatic heterocycles. The number of aliphatic carboxylic acids is 1. The van der Waals surface area contributed by atoms with E-state index in [0.29, 0.717) is 25.9 Å². The second kappa shape index (κ2) is 21.3. The van der Waals surface area contributed by atoms with Gasteiger partial charge in [0.2, 0.25) is 5.91 Å². The van der Waals surface area contributed by atoms with Crippen LogP contribution in [0, 0.1) is 0 Å². The lowest BCUT2D eigenvalue weighted by Gasteiger charge is -2.09. The topological polar surface area (TPSA) is 118 Å². The van der Waals surface area contributed by atoms with Crippen molar-refractivity contribution in [1.82, 2.24) is 15.3 Å². The van der Waals surface area contributed by atoms with Crippen LogP contribution in [0.4, 0.5) is 4.70 Å². The first-order valence-electron chi connectivity index (χ1n) is 15.2. The van der Waals surface area contributed by atoms with Gasteiger partial charge >= 0.3 is 5.97 Å². The lowest BCUT2D eigenvalue weighted by atomic mass is 10.1. The molecule has 4 N–H and O–H groups in total. The molecule has 0 bridgehead atoms. The molecule has 0 fully saturated rings. The molecule has 7 nitrogen and oxygen atoms in total. The number of pyridine rings is 2. The molecule has 10 heteroatoms. The van der Waals surface area contributed by atoms with Crippen LogP contribution in [-0.2, 0) is 35.5 Å². The second-order valence-electron chi connectivity index (χ2n) is 10.6. The summed E-state index contributed by atoms with van der Waals surface area (Å²) >= 11 is 8.76. The van der Waals surface area contributed by atoms with Crippen molar-refractivity contribution >= 4 is 58.9 Å². The number of halogens is 1. The Bertz CT molecular complexity index is 1910. The Labute approximate surface area is 298 Å². The number of para-hydroxylation sites is 2. The monoisotopic (exact) mass is 698 g/mol. The molecule has 0 radical (unpaired) electrons. The zero-order valence-corrected chi connectivity index (χ0v) is 28.1. The van der Waals surface area contributed by atoms with E-state index in [2.05, 4.69) is 40.5 Å². The van der Waals surface area contributed by atoms with Crippen LogP contribution < -0.4 is 11.1 Å². The molecule has 0 spiro atoms. The maximum atomic E-state index is 12.1. The smallest absolute Gasteiger partial charge is 0.303 e. The fourth-order valence-electron chi connectivity index (χ4n) is 4.85. The number of rotatable bonds is 9. The molecular weight excluding hydrogens is 656 g/mol. The molecule has 6 rings (SSSR count). The Balaban J connectivity index is 0.000000273. The number of hydrogen-bond donors (Lipinski definition) is 5. The molecule has 0 aliphatic rings. The molecule has 6 aromatic rings. The Morgan fingerprint density at radius 3 is 1.61 bits per heavy atom. The third-order valence-corrected chi connectivity index (χ3v) is 8.05. The van der Waals surface area contributed by atoms with Crippen molar-refractivity contribution in [3.8, 4) is 0 Å². The number of carbonyl (C=O) groups excluding carboxylic acids is 1. The van der Waals surface area contributed by atoms with E-state index in [9.17, 15) is 9.59 Å². The van der Waals surface area contributed by atoms with E-state index < -0.39 is 5.97 Å². The van der Waals surface area contributed by atoms with Crippen LogP contribution in [0.2, 0.25) is 0 Å². The number of carboxylic acid groups (broad SMARTS) is 1. The van der Waals surface area contributed by atoms with Crippen LogP contribution in [-0.4, -0.2) is 27.0 Å². The number of carbonyl (C=O) groups is 2. The molecule has 4 aromatic carbocycles. The maximum absolute atomic E-state index is 12.1. The number of fused-ring (bicyclic) bond motifs is 2. The van der Waals surface area contributed by atoms with Gasteiger partial charge in [-0.15, -0.1) is 25.3 Å². The van der Waals surface area contributed by atoms with E-state index in [0.717, 1.165) is 54.7 Å². The first kappa shape index (κ1) is 40.4. The maximum Gasteiger partial charge on any atom is 0.303 e. The number of aromatic nitrogens is 2. The molecule has 256 valence electrons. The van der Waals surface area contributed by atoms with E-state index in [1.54, 1.807) is 12.4 Å². The number of nitrogens with zero attached hydrogens (tertiary/aromatic N) is 2. The van der Waals surface area contributed by atoms with Crippen LogP contribution in [0.5, 0.6) is 0 Å². The Morgan fingerprint density at radius 1 is 0.653 bits per heavy atom. The largest absolute Gasteiger partial charge is 0.481 e. The summed E-state index contributed by atoms with van der Waals surface area (Å²) in [5.41, 5.74) is 11.8. The van der Waals surface area contributed by atoms with Crippen molar-refractivity contribution in [3.05, 3.63) is 144 Å². The zero-order valence-electron chi connectivity index (χ0n) is 26.3. The molecule has 0 saturated heterocycles. The van der Waals surface area contributed by atoms with Gasteiger partial charge in [-0.1, -0.05) is 92.4 Å². The van der Waals surface area contributed by atoms with Crippen molar-refractivity contribution in [3.63, 3.8) is 0 Å². The summed E-state index contributed by atoms with van der Waals surface area (Å²) < 4.78 is 0. The molecule has 0 aliphatic carbocycles. The van der Waals surface area contributed by atoms with Gasteiger partial charge in [0.05, 0.1) is 11.0 Å². The van der Waals surface area contributed by atoms with E-state index in [-0.39, 0.29) is 24.5 Å². The lowest BCUT2D eigenvalue weighted by molar-refractivity contribution is -0.137. The van der Waals surface area contributed by atoms with E-state index in [1.165, 1.54) is 5.56 Å². The van der Waals surface area contributed by atoms with Crippen LogP contribution in [0.25, 0.3) is 21.8 Å². The van der Waals surface area contributed by atoms with Crippen molar-refractivity contribution in [2.75, 3.05) is 0 Å². The summed E-state index contributed by atoms with van der Waals surface area (Å²) in [5, 5.41) is 13.5. The van der Waals surface area contributed by atoms with Crippen LogP contribution in [0.3, 0.4) is 0 Å². The Morgan fingerprint density at radius 2 is 1.12 bits per heavy atom. The number of carboxylic acids is 1. The third-order valence-electron chi connectivity index (χ3n) is 7.33. The number of nitrogens with two attached hydrogens (primary N) is 1. The number of hydrogen-bond acceptors (Lipinski definition) is 7. The zero-order chi connectivity index (χ0) is 33.4. The van der Waals surface area contributed by atoms with Gasteiger partial charge in [-0.05, 0) is 59.4 Å². The van der Waals surface area contributed by atoms with Crippen molar-refractivity contribution < 1.29 is 19.4 Å². The van der Waals surface area contributed by atoms with Crippen molar-refractivity contribution in [2.45, 2.75) is 56.0 Å². The quantitative estimate of drug-likeness (QED) is 0.0971. The highest BCUT2D eigenvalue weighted by Gasteiger charge is 2.07. The summed E-state index contributed by atoms with van der Waals surface area (Å²) in [7, 11) is 0. The first-order chi connectivity index (χ1) is 22.9. The molecular formula is C39H43FN4O3S2. The predicted octanol–water partition coefficient (Wildman–Crippen LogP) is 8.25. The normalized spacial score (nSPS) is 9.94. The van der Waals surface area contributed by atoms with Gasteiger partial charge in [0.15, 0.2) is 0 Å². The molecule has 1 amide bonds. The van der Waals surface area contributed by atoms with Crippen molar-refractivity contribution in [1.29, 1.82) is 0 Å². The van der Waals surface area contributed by atoms with E-state index >= 15 is 0 Å². The molecule has 2 heterocycles. The van der Waals surface area contributed by atoms with Gasteiger partial charge in [-0.2, -0.15) is 0 Å². The highest BCUT2D eigenvalue weighted by atomic mass is 32.1. The first-order valence-corrected chi connectivity index (χ1v) is 16.1. The van der Waals surface area contributed by atoms with Crippen LogP contribution >= 0.6 is 25.3 Å². The number of aryl methyl sites for hydroxylation is 2. The number of nitrogens with one attached hydrogen (secondary N) is 1. The van der Waals surface area contributed by atoms with Gasteiger partial charge in [0.1, 0.15) is 0 Å². The standard InChI is InChI=1S/C19H18N2OS.C10H10N2S.C9H10O2.CH4.FH/c22-18(10-9-14-5-2-1-3-6-14)21-13-15-11-12-20-19-16(15)7-4-8-17(19)23;11-6-7-4-5-12-10-8(7)2-1-3-9(10)13;10-9(11)7-6-8-4-2-1-3-5-8;;/h1-8,11-12,23H,9-10,13H2,(H,21,22);1-5,13H,6,11H2;1-5H,6-7H2,(H,10,11);1H4;1H. The van der Waals surface area contributed by atoms with Gasteiger partial charge in [0, 0.05) is 58.9 Å². The fourth-order valence-corrected chi connectivity index (χ4v) is 5.38. The van der Waals surface area contributed by atoms with Gasteiger partial charge in [-0.25, -0.2) is 0 Å². The summed E-state index contributed by atoms with van der Waals surface area (Å²) in [5.74, 6) is -0.685. The number of benzene rings is 4. The van der Waals surface area contributed by atoms with Crippen LogP contribution in [0.1, 0.15) is 42.5 Å². The summed E-state index contributed by atoms with van der Waals surface area (Å²) in [6.45, 7) is 1.04. The van der Waals surface area contributed by atoms with Gasteiger partial charge in [-0.3, -0.25) is 24.3 Å². The van der Waals surface area contributed by atoms with Crippen LogP contribution in [0.15, 0.2) is 131 Å². The molecule has 2 aromatic heterocycles. The SMILES string of the molecule is C.F.NCc1ccnc2c(S)cccc12.O=C(CCc1ccccc1)NCc1ccnc2c(S)cccc12.O=C(O)CCc1ccccc1. The fraction of sp³-hybridized carbons (Fsp3) is 0.179. The Hall–Kier alpha value is -4.77. The number of amides is 1. The van der Waals surface area contributed by atoms with E-state index in [4.69, 9.17) is 10.8 Å². The minimum Gasteiger partial charge on any atom is -0.481 e. The highest BCUT2D eigenvalue weighted by Crippen LogP contribution is 2.23. The average molecular weight is 699 g/mol. The molecule has 0 saturated carbocycles. The lowest BCUT2D eigenvalue weighted by Crippen LogP contribution is -2.23. The summed E-state index contributed by atoms with van der Waals surface area (Å²) in [4.78, 5) is 32.6. The third kappa shape index (κ3) is 12.6. The second-order valence-corrected chi connectivity index (χ2v) is 11.6. The molecule has 49 heavy (non-hydrogen) atoms. The number of thiol groups is 2. The Kier molecular flexibility index (Phi) is 17.5. The van der Waals surface area contributed by atoms with Crippen molar-refractivity contribution in [2.24, 2.45) is 5.73 Å². The minimum absolute atomic E-state index is 0. The molecule has 0 unspecified atom stereocenters. The average Bonchev–Trinajstić information content (AvgIpc) is 3.10.